The van der Waals surface area contributed by atoms with Gasteiger partial charge in [0.25, 0.3) is 0 Å². The lowest BCUT2D eigenvalue weighted by atomic mass is 10.1. The second-order valence-electron chi connectivity index (χ2n) is 3.06. The molecule has 0 fully saturated rings. The third-order valence-electron chi connectivity index (χ3n) is 2.04. The molecule has 2 heterocycles. The molecule has 0 aromatic carbocycles. The third-order valence-corrected chi connectivity index (χ3v) is 4.77. The fourth-order valence-electron chi connectivity index (χ4n) is 1.33. The molecule has 2 rings (SSSR count). The zero-order valence-electron chi connectivity index (χ0n) is 8.03. The average molecular weight is 304 g/mol. The first kappa shape index (κ1) is 11.2. The molecule has 0 aliphatic carbocycles. The number of halogens is 1. The molecule has 0 spiro atoms. The van der Waals surface area contributed by atoms with Crippen molar-refractivity contribution >= 4 is 38.6 Å². The minimum absolute atomic E-state index is 0.0248. The minimum atomic E-state index is 0.0248. The van der Waals surface area contributed by atoms with Gasteiger partial charge in [0.1, 0.15) is 0 Å². The summed E-state index contributed by atoms with van der Waals surface area (Å²) in [7, 11) is 0. The number of hydrogen-bond donors (Lipinski definition) is 2. The second-order valence-corrected chi connectivity index (χ2v) is 5.92. The van der Waals surface area contributed by atoms with Crippen LogP contribution in [0.1, 0.15) is 21.5 Å². The van der Waals surface area contributed by atoms with E-state index in [1.165, 1.54) is 0 Å². The maximum absolute atomic E-state index is 5.59. The van der Waals surface area contributed by atoms with Gasteiger partial charge in [0.15, 0.2) is 0 Å². The van der Waals surface area contributed by atoms with E-state index in [2.05, 4.69) is 31.7 Å². The zero-order valence-corrected chi connectivity index (χ0v) is 11.2. The van der Waals surface area contributed by atoms with Gasteiger partial charge in [-0.1, -0.05) is 0 Å². The van der Waals surface area contributed by atoms with E-state index in [0.717, 1.165) is 19.9 Å². The van der Waals surface area contributed by atoms with Crippen molar-refractivity contribution in [2.45, 2.75) is 13.0 Å². The molecule has 0 aliphatic rings. The molecule has 3 nitrogen and oxygen atoms in total. The molecule has 80 valence electrons. The number of aromatic nitrogens is 1. The number of thiophene rings is 1. The predicted molar refractivity (Wildman–Crippen MR) is 68.0 cm³/mol. The molecule has 0 saturated carbocycles. The first-order valence-corrected chi connectivity index (χ1v) is 6.87. The Kier molecular flexibility index (Phi) is 3.53. The van der Waals surface area contributed by atoms with E-state index in [1.807, 2.05) is 18.5 Å². The molecule has 0 amide bonds. The molecule has 1 unspecified atom stereocenters. The molecule has 0 saturated heterocycles. The lowest BCUT2D eigenvalue weighted by Crippen LogP contribution is -2.28. The van der Waals surface area contributed by atoms with Crippen molar-refractivity contribution in [2.24, 2.45) is 5.84 Å². The Morgan fingerprint density at radius 1 is 1.53 bits per heavy atom. The Morgan fingerprint density at radius 2 is 2.33 bits per heavy atom. The van der Waals surface area contributed by atoms with Crippen LogP contribution >= 0.6 is 38.6 Å². The van der Waals surface area contributed by atoms with Gasteiger partial charge in [0.2, 0.25) is 0 Å². The van der Waals surface area contributed by atoms with Gasteiger partial charge in [-0.05, 0) is 28.2 Å². The number of aryl methyl sites for hydroxylation is 1. The van der Waals surface area contributed by atoms with E-state index in [-0.39, 0.29) is 6.04 Å². The van der Waals surface area contributed by atoms with Crippen LogP contribution < -0.4 is 11.3 Å². The van der Waals surface area contributed by atoms with Crippen LogP contribution in [0.5, 0.6) is 0 Å². The highest BCUT2D eigenvalue weighted by molar-refractivity contribution is 9.10. The Bertz CT molecular complexity index is 452. The van der Waals surface area contributed by atoms with Gasteiger partial charge >= 0.3 is 0 Å². The van der Waals surface area contributed by atoms with Crippen molar-refractivity contribution in [1.82, 2.24) is 10.4 Å². The SMILES string of the molecule is Cc1ncc(C(NN)c2cscc2Br)s1. The molecule has 2 aromatic heterocycles. The largest absolute Gasteiger partial charge is 0.271 e. The number of nitrogens with one attached hydrogen (secondary N) is 1. The number of hydrazine groups is 1. The lowest BCUT2D eigenvalue weighted by molar-refractivity contribution is 0.645. The summed E-state index contributed by atoms with van der Waals surface area (Å²) in [5, 5.41) is 5.19. The Labute approximate surface area is 104 Å². The van der Waals surface area contributed by atoms with E-state index in [9.17, 15) is 0 Å². The molecule has 15 heavy (non-hydrogen) atoms. The maximum Gasteiger partial charge on any atom is 0.0897 e. The Balaban J connectivity index is 2.36. The van der Waals surface area contributed by atoms with Crippen LogP contribution in [0.25, 0.3) is 0 Å². The van der Waals surface area contributed by atoms with Crippen LogP contribution in [0.15, 0.2) is 21.4 Å². The van der Waals surface area contributed by atoms with Crippen LogP contribution in [0.3, 0.4) is 0 Å². The molecule has 3 N–H and O–H groups in total. The van der Waals surface area contributed by atoms with Crippen LogP contribution in [0.4, 0.5) is 0 Å². The summed E-state index contributed by atoms with van der Waals surface area (Å²) in [5.41, 5.74) is 3.98. The number of hydrogen-bond acceptors (Lipinski definition) is 5. The van der Waals surface area contributed by atoms with E-state index in [4.69, 9.17) is 5.84 Å². The molecule has 6 heteroatoms. The topological polar surface area (TPSA) is 50.9 Å². The highest BCUT2D eigenvalue weighted by atomic mass is 79.9. The third kappa shape index (κ3) is 2.29. The zero-order chi connectivity index (χ0) is 10.8. The highest BCUT2D eigenvalue weighted by Crippen LogP contribution is 2.33. The van der Waals surface area contributed by atoms with Crippen LogP contribution in [0.2, 0.25) is 0 Å². The van der Waals surface area contributed by atoms with Gasteiger partial charge in [0, 0.05) is 26.5 Å². The lowest BCUT2D eigenvalue weighted by Gasteiger charge is -2.12. The molecular formula is C9H10BrN3S2. The van der Waals surface area contributed by atoms with Crippen LogP contribution in [0, 0.1) is 6.92 Å². The summed E-state index contributed by atoms with van der Waals surface area (Å²) < 4.78 is 1.08. The predicted octanol–water partition coefficient (Wildman–Crippen LogP) is 2.83. The molecule has 0 bridgehead atoms. The number of thiazole rings is 1. The van der Waals surface area contributed by atoms with Crippen molar-refractivity contribution in [2.75, 3.05) is 0 Å². The van der Waals surface area contributed by atoms with Gasteiger partial charge in [0.05, 0.1) is 11.0 Å². The molecule has 0 aliphatic heterocycles. The summed E-state index contributed by atoms with van der Waals surface area (Å²) in [6.07, 6.45) is 1.87. The van der Waals surface area contributed by atoms with E-state index in [0.29, 0.717) is 0 Å². The Hall–Kier alpha value is -0.270. The number of nitrogens with zero attached hydrogens (tertiary/aromatic N) is 1. The van der Waals surface area contributed by atoms with Crippen molar-refractivity contribution < 1.29 is 0 Å². The quantitative estimate of drug-likeness (QED) is 0.677. The van der Waals surface area contributed by atoms with Gasteiger partial charge in [-0.3, -0.25) is 5.84 Å². The van der Waals surface area contributed by atoms with Gasteiger partial charge < -0.3 is 0 Å². The molecule has 0 radical (unpaired) electrons. The van der Waals surface area contributed by atoms with Crippen molar-refractivity contribution in [3.63, 3.8) is 0 Å². The van der Waals surface area contributed by atoms with Gasteiger partial charge in [-0.15, -0.1) is 11.3 Å². The standard InChI is InChI=1S/C9H10BrN3S2/c1-5-12-2-8(15-5)9(13-11)6-3-14-4-7(6)10/h2-4,9,13H,11H2,1H3. The molecule has 1 atom stereocenters. The summed E-state index contributed by atoms with van der Waals surface area (Å²) >= 11 is 6.82. The highest BCUT2D eigenvalue weighted by Gasteiger charge is 2.18. The summed E-state index contributed by atoms with van der Waals surface area (Å²) in [5.74, 6) is 5.59. The fourth-order valence-corrected chi connectivity index (χ4v) is 3.75. The van der Waals surface area contributed by atoms with Crippen LogP contribution in [-0.4, -0.2) is 4.98 Å². The van der Waals surface area contributed by atoms with Gasteiger partial charge in [-0.2, -0.15) is 11.3 Å². The first-order valence-electron chi connectivity index (χ1n) is 4.32. The number of nitrogens with two attached hydrogens (primary N) is 1. The smallest absolute Gasteiger partial charge is 0.0897 e. The van der Waals surface area contributed by atoms with Crippen LogP contribution in [-0.2, 0) is 0 Å². The summed E-state index contributed by atoms with van der Waals surface area (Å²) in [6, 6.07) is 0.0248. The average Bonchev–Trinajstić information content (AvgIpc) is 2.79. The molecule has 2 aromatic rings. The van der Waals surface area contributed by atoms with E-state index in [1.54, 1.807) is 22.7 Å². The van der Waals surface area contributed by atoms with E-state index < -0.39 is 0 Å². The normalized spacial score (nSPS) is 13.0. The maximum atomic E-state index is 5.59. The summed E-state index contributed by atoms with van der Waals surface area (Å²) in [4.78, 5) is 5.37. The monoisotopic (exact) mass is 303 g/mol. The second kappa shape index (κ2) is 4.71. The van der Waals surface area contributed by atoms with Crippen molar-refractivity contribution in [1.29, 1.82) is 0 Å². The summed E-state index contributed by atoms with van der Waals surface area (Å²) in [6.45, 7) is 1.99. The van der Waals surface area contributed by atoms with E-state index >= 15 is 0 Å². The fraction of sp³-hybridized carbons (Fsp3) is 0.222. The van der Waals surface area contributed by atoms with Crippen molar-refractivity contribution in [3.05, 3.63) is 36.9 Å². The van der Waals surface area contributed by atoms with Crippen molar-refractivity contribution in [3.8, 4) is 0 Å². The number of rotatable bonds is 3. The Morgan fingerprint density at radius 3 is 2.80 bits per heavy atom. The minimum Gasteiger partial charge on any atom is -0.271 e. The first-order chi connectivity index (χ1) is 7.22. The van der Waals surface area contributed by atoms with Gasteiger partial charge in [-0.25, -0.2) is 10.4 Å². The molecular weight excluding hydrogens is 294 g/mol.